The van der Waals surface area contributed by atoms with Gasteiger partial charge in [-0.05, 0) is 12.1 Å². The minimum absolute atomic E-state index is 0.00163. The van der Waals surface area contributed by atoms with E-state index >= 15 is 0 Å². The van der Waals surface area contributed by atoms with Gasteiger partial charge < -0.3 is 14.8 Å². The molecule has 1 aromatic carbocycles. The molecule has 0 aromatic heterocycles. The van der Waals surface area contributed by atoms with Crippen molar-refractivity contribution in [3.05, 3.63) is 35.5 Å². The lowest BCUT2D eigenvalue weighted by Crippen LogP contribution is -2.08. The molecule has 1 N–H and O–H groups in total. The van der Waals surface area contributed by atoms with E-state index in [0.717, 1.165) is 18.3 Å². The molecule has 1 rings (SSSR count). The van der Waals surface area contributed by atoms with E-state index in [2.05, 4.69) is 5.32 Å². The van der Waals surface area contributed by atoms with Crippen LogP contribution in [0.25, 0.3) is 0 Å². The number of alkyl halides is 3. The first-order chi connectivity index (χ1) is 10.4. The Labute approximate surface area is 125 Å². The molecule has 0 atom stereocenters. The first kappa shape index (κ1) is 17.3. The molecule has 116 valence electrons. The Bertz CT molecular complexity index is 612. The average Bonchev–Trinajstić information content (AvgIpc) is 2.47. The summed E-state index contributed by atoms with van der Waals surface area (Å²) in [4.78, 5) is 0. The van der Waals surface area contributed by atoms with Crippen molar-refractivity contribution >= 4 is 5.69 Å². The molecule has 0 heterocycles. The van der Waals surface area contributed by atoms with E-state index < -0.39 is 11.7 Å². The molecule has 0 aliphatic heterocycles. The van der Waals surface area contributed by atoms with Gasteiger partial charge in [-0.2, -0.15) is 23.7 Å². The molecule has 1 aromatic rings. The maximum Gasteiger partial charge on any atom is 0.416 e. The number of halogens is 3. The fourth-order valence-corrected chi connectivity index (χ4v) is 1.42. The van der Waals surface area contributed by atoms with Gasteiger partial charge in [-0.25, -0.2) is 0 Å². The highest BCUT2D eigenvalue weighted by molar-refractivity contribution is 5.55. The Hall–Kier alpha value is -2.71. The minimum atomic E-state index is -4.55. The normalized spacial score (nSPS) is 10.3. The third kappa shape index (κ3) is 5.35. The lowest BCUT2D eigenvalue weighted by Gasteiger charge is -2.13. The van der Waals surface area contributed by atoms with Crippen LogP contribution < -0.4 is 10.1 Å². The first-order valence-corrected chi connectivity index (χ1v) is 6.01. The maximum absolute atomic E-state index is 12.8. The van der Waals surface area contributed by atoms with E-state index in [4.69, 9.17) is 20.0 Å². The van der Waals surface area contributed by atoms with E-state index in [-0.39, 0.29) is 30.2 Å². The third-order valence-electron chi connectivity index (χ3n) is 2.41. The Morgan fingerprint density at radius 2 is 1.91 bits per heavy atom. The fraction of sp³-hybridized carbons (Fsp3) is 0.286. The number of hydrogen-bond donors (Lipinski definition) is 1. The summed E-state index contributed by atoms with van der Waals surface area (Å²) in [5.41, 5.74) is -1.13. The molecule has 22 heavy (non-hydrogen) atoms. The summed E-state index contributed by atoms with van der Waals surface area (Å²) in [5, 5.41) is 19.6. The second-order valence-electron chi connectivity index (χ2n) is 4.01. The largest absolute Gasteiger partial charge is 0.491 e. The molecule has 0 fully saturated rings. The number of allylic oxidation sites excluding steroid dienone is 1. The van der Waals surface area contributed by atoms with E-state index in [1.807, 2.05) is 0 Å². The van der Waals surface area contributed by atoms with Crippen molar-refractivity contribution in [2.45, 2.75) is 6.18 Å². The monoisotopic (exact) mass is 311 g/mol. The van der Waals surface area contributed by atoms with Crippen LogP contribution in [0.1, 0.15) is 5.56 Å². The molecule has 0 unspecified atom stereocenters. The SMILES string of the molecule is COCCOc1cc(NC=C(C#N)C#N)cc(C(F)(F)F)c1. The lowest BCUT2D eigenvalue weighted by molar-refractivity contribution is -0.137. The maximum atomic E-state index is 12.8. The summed E-state index contributed by atoms with van der Waals surface area (Å²) in [7, 11) is 1.44. The van der Waals surface area contributed by atoms with Gasteiger partial charge in [-0.15, -0.1) is 0 Å². The van der Waals surface area contributed by atoms with Gasteiger partial charge in [0, 0.05) is 25.1 Å². The van der Waals surface area contributed by atoms with E-state index in [1.165, 1.54) is 13.2 Å². The quantitative estimate of drug-likeness (QED) is 0.645. The molecule has 0 amide bonds. The number of ether oxygens (including phenoxy) is 2. The first-order valence-electron chi connectivity index (χ1n) is 6.01. The average molecular weight is 311 g/mol. The highest BCUT2D eigenvalue weighted by atomic mass is 19.4. The van der Waals surface area contributed by atoms with E-state index in [9.17, 15) is 13.2 Å². The van der Waals surface area contributed by atoms with Crippen LogP contribution in [0, 0.1) is 22.7 Å². The number of hydrogen-bond acceptors (Lipinski definition) is 5. The molecule has 0 bridgehead atoms. The molecule has 5 nitrogen and oxygen atoms in total. The van der Waals surface area contributed by atoms with Gasteiger partial charge in [0.1, 0.15) is 30.1 Å². The number of methoxy groups -OCH3 is 1. The summed E-state index contributed by atoms with van der Waals surface area (Å²) in [6.07, 6.45) is -3.53. The van der Waals surface area contributed by atoms with Gasteiger partial charge in [-0.1, -0.05) is 0 Å². The van der Waals surface area contributed by atoms with Crippen LogP contribution in [0.4, 0.5) is 18.9 Å². The lowest BCUT2D eigenvalue weighted by atomic mass is 10.1. The minimum Gasteiger partial charge on any atom is -0.491 e. The number of anilines is 1. The van der Waals surface area contributed by atoms with Gasteiger partial charge in [0.25, 0.3) is 0 Å². The topological polar surface area (TPSA) is 78.1 Å². The van der Waals surface area contributed by atoms with Crippen molar-refractivity contribution in [1.29, 1.82) is 10.5 Å². The van der Waals surface area contributed by atoms with Crippen molar-refractivity contribution in [3.63, 3.8) is 0 Å². The van der Waals surface area contributed by atoms with Crippen LogP contribution in [-0.2, 0) is 10.9 Å². The summed E-state index contributed by atoms with van der Waals surface area (Å²) in [6, 6.07) is 6.22. The zero-order valence-corrected chi connectivity index (χ0v) is 11.6. The Kier molecular flexibility index (Phi) is 6.24. The summed E-state index contributed by atoms with van der Waals surface area (Å²) < 4.78 is 48.4. The van der Waals surface area contributed by atoms with Crippen LogP contribution in [-0.4, -0.2) is 20.3 Å². The van der Waals surface area contributed by atoms with Crippen molar-refractivity contribution < 1.29 is 22.6 Å². The summed E-state index contributed by atoms with van der Waals surface area (Å²) in [6.45, 7) is 0.320. The number of nitrogens with one attached hydrogen (secondary N) is 1. The van der Waals surface area contributed by atoms with Gasteiger partial charge in [0.05, 0.1) is 12.2 Å². The van der Waals surface area contributed by atoms with Crippen LogP contribution in [0.3, 0.4) is 0 Å². The van der Waals surface area contributed by atoms with Crippen molar-refractivity contribution in [2.24, 2.45) is 0 Å². The predicted octanol–water partition coefficient (Wildman–Crippen LogP) is 3.07. The van der Waals surface area contributed by atoms with Gasteiger partial charge in [0.2, 0.25) is 0 Å². The number of nitrogens with zero attached hydrogens (tertiary/aromatic N) is 2. The van der Waals surface area contributed by atoms with Gasteiger partial charge in [0.15, 0.2) is 0 Å². The molecule has 8 heteroatoms. The number of benzene rings is 1. The zero-order chi connectivity index (χ0) is 16.6. The zero-order valence-electron chi connectivity index (χ0n) is 11.6. The van der Waals surface area contributed by atoms with Crippen LogP contribution in [0.5, 0.6) is 5.75 Å². The Morgan fingerprint density at radius 3 is 2.45 bits per heavy atom. The molecular weight excluding hydrogens is 299 g/mol. The molecular formula is C14H12F3N3O2. The summed E-state index contributed by atoms with van der Waals surface area (Å²) >= 11 is 0. The van der Waals surface area contributed by atoms with Crippen molar-refractivity contribution in [1.82, 2.24) is 0 Å². The second kappa shape index (κ2) is 7.91. The standard InChI is InChI=1S/C14H12F3N3O2/c1-21-2-3-22-13-5-11(14(15,16)17)4-12(6-13)20-9-10(7-18)8-19/h4-6,9,20H,2-3H2,1H3. The molecule has 0 saturated heterocycles. The number of nitriles is 2. The van der Waals surface area contributed by atoms with Crippen molar-refractivity contribution in [2.75, 3.05) is 25.6 Å². The van der Waals surface area contributed by atoms with Crippen molar-refractivity contribution in [3.8, 4) is 17.9 Å². The third-order valence-corrected chi connectivity index (χ3v) is 2.41. The Morgan fingerprint density at radius 1 is 1.23 bits per heavy atom. The van der Waals surface area contributed by atoms with E-state index in [0.29, 0.717) is 0 Å². The van der Waals surface area contributed by atoms with Crippen LogP contribution in [0.2, 0.25) is 0 Å². The molecule has 0 aliphatic carbocycles. The molecule has 0 radical (unpaired) electrons. The summed E-state index contributed by atoms with van der Waals surface area (Å²) in [5.74, 6) is -0.00163. The number of rotatable bonds is 6. The predicted molar refractivity (Wildman–Crippen MR) is 71.7 cm³/mol. The Balaban J connectivity index is 3.05. The highest BCUT2D eigenvalue weighted by Crippen LogP contribution is 2.34. The highest BCUT2D eigenvalue weighted by Gasteiger charge is 2.31. The van der Waals surface area contributed by atoms with E-state index in [1.54, 1.807) is 12.1 Å². The smallest absolute Gasteiger partial charge is 0.416 e. The fourth-order valence-electron chi connectivity index (χ4n) is 1.42. The molecule has 0 aliphatic rings. The van der Waals surface area contributed by atoms with Gasteiger partial charge in [-0.3, -0.25) is 0 Å². The molecule has 0 saturated carbocycles. The van der Waals surface area contributed by atoms with Crippen LogP contribution >= 0.6 is 0 Å². The van der Waals surface area contributed by atoms with Gasteiger partial charge >= 0.3 is 6.18 Å². The molecule has 0 spiro atoms. The van der Waals surface area contributed by atoms with Crippen LogP contribution in [0.15, 0.2) is 30.0 Å². The second-order valence-corrected chi connectivity index (χ2v) is 4.01.